The Morgan fingerprint density at radius 1 is 1.43 bits per heavy atom. The number of amides is 1. The number of thiazole rings is 1. The zero-order valence-corrected chi connectivity index (χ0v) is 13.7. The molecule has 1 amide bonds. The van der Waals surface area contributed by atoms with Gasteiger partial charge in [0, 0.05) is 5.38 Å². The highest BCUT2D eigenvalue weighted by molar-refractivity contribution is 7.09. The minimum absolute atomic E-state index is 0.0125. The fourth-order valence-corrected chi connectivity index (χ4v) is 2.42. The number of hydrogen-bond donors (Lipinski definition) is 1. The number of carbonyl (C=O) groups excluding carboxylic acids is 1. The van der Waals surface area contributed by atoms with Crippen LogP contribution in [-0.2, 0) is 11.2 Å². The Labute approximate surface area is 138 Å². The average molecular weight is 328 g/mol. The smallest absolute Gasteiger partial charge is 0.246 e. The molecule has 0 atom stereocenters. The van der Waals surface area contributed by atoms with Crippen molar-refractivity contribution in [1.82, 2.24) is 10.4 Å². The Morgan fingerprint density at radius 3 is 2.78 bits per heavy atom. The first-order valence-electron chi connectivity index (χ1n) is 6.93. The zero-order chi connectivity index (χ0) is 16.7. The van der Waals surface area contributed by atoms with E-state index in [-0.39, 0.29) is 18.9 Å². The Kier molecular flexibility index (Phi) is 5.83. The lowest BCUT2D eigenvalue weighted by molar-refractivity contribution is -0.120. The summed E-state index contributed by atoms with van der Waals surface area (Å²) in [5, 5.41) is 15.4. The van der Waals surface area contributed by atoms with E-state index >= 15 is 0 Å². The molecular formula is C16H16N4O2S. The van der Waals surface area contributed by atoms with E-state index in [0.717, 1.165) is 16.3 Å². The van der Waals surface area contributed by atoms with E-state index in [1.165, 1.54) is 11.3 Å². The molecule has 7 heteroatoms. The Bertz CT molecular complexity index is 744. The first-order valence-corrected chi connectivity index (χ1v) is 7.81. The second-order valence-corrected chi connectivity index (χ2v) is 5.80. The normalized spacial score (nSPS) is 10.9. The van der Waals surface area contributed by atoms with Crippen LogP contribution in [0.25, 0.3) is 0 Å². The predicted octanol–water partition coefficient (Wildman–Crippen LogP) is 2.44. The highest BCUT2D eigenvalue weighted by Crippen LogP contribution is 2.12. The van der Waals surface area contributed by atoms with Crippen LogP contribution in [0.3, 0.4) is 0 Å². The van der Waals surface area contributed by atoms with Gasteiger partial charge >= 0.3 is 0 Å². The van der Waals surface area contributed by atoms with Crippen LogP contribution in [0.4, 0.5) is 0 Å². The SMILES string of the molecule is C/C(=N/NC(=O)Cc1csc(C)n1)c1ccc(OCC#N)cc1. The van der Waals surface area contributed by atoms with Gasteiger partial charge in [0.25, 0.3) is 0 Å². The van der Waals surface area contributed by atoms with E-state index in [2.05, 4.69) is 15.5 Å². The molecule has 0 aliphatic carbocycles. The topological polar surface area (TPSA) is 87.4 Å². The lowest BCUT2D eigenvalue weighted by Crippen LogP contribution is -2.21. The molecule has 6 nitrogen and oxygen atoms in total. The number of carbonyl (C=O) groups is 1. The third-order valence-corrected chi connectivity index (χ3v) is 3.75. The third kappa shape index (κ3) is 5.20. The van der Waals surface area contributed by atoms with Crippen LogP contribution in [-0.4, -0.2) is 23.2 Å². The van der Waals surface area contributed by atoms with Crippen molar-refractivity contribution < 1.29 is 9.53 Å². The van der Waals surface area contributed by atoms with E-state index in [0.29, 0.717) is 11.5 Å². The quantitative estimate of drug-likeness (QED) is 0.651. The molecule has 0 fully saturated rings. The third-order valence-electron chi connectivity index (χ3n) is 2.93. The molecule has 0 aliphatic heterocycles. The zero-order valence-electron chi connectivity index (χ0n) is 12.9. The first kappa shape index (κ1) is 16.6. The highest BCUT2D eigenvalue weighted by atomic mass is 32.1. The van der Waals surface area contributed by atoms with E-state index < -0.39 is 0 Å². The van der Waals surface area contributed by atoms with Crippen LogP contribution in [0, 0.1) is 18.3 Å². The largest absolute Gasteiger partial charge is 0.479 e. The molecular weight excluding hydrogens is 312 g/mol. The van der Waals surface area contributed by atoms with Gasteiger partial charge in [0.1, 0.15) is 11.8 Å². The van der Waals surface area contributed by atoms with Gasteiger partial charge in [0.2, 0.25) is 5.91 Å². The fourth-order valence-electron chi connectivity index (χ4n) is 1.81. The number of aryl methyl sites for hydroxylation is 1. The second kappa shape index (κ2) is 8.06. The number of nitriles is 1. The van der Waals surface area contributed by atoms with E-state index in [4.69, 9.17) is 10.00 Å². The lowest BCUT2D eigenvalue weighted by atomic mass is 10.1. The summed E-state index contributed by atoms with van der Waals surface area (Å²) < 4.78 is 5.18. The molecule has 0 radical (unpaired) electrons. The maximum absolute atomic E-state index is 11.8. The number of rotatable bonds is 6. The van der Waals surface area contributed by atoms with E-state index in [9.17, 15) is 4.79 Å². The van der Waals surface area contributed by atoms with Gasteiger partial charge in [-0.25, -0.2) is 10.4 Å². The van der Waals surface area contributed by atoms with Gasteiger partial charge in [-0.2, -0.15) is 10.4 Å². The number of nitrogens with one attached hydrogen (secondary N) is 1. The Hall–Kier alpha value is -2.72. The van der Waals surface area contributed by atoms with Gasteiger partial charge in [-0.3, -0.25) is 4.79 Å². The van der Waals surface area contributed by atoms with Crippen molar-refractivity contribution in [3.8, 4) is 11.8 Å². The highest BCUT2D eigenvalue weighted by Gasteiger charge is 2.06. The van der Waals surface area contributed by atoms with Gasteiger partial charge in [0.15, 0.2) is 6.61 Å². The van der Waals surface area contributed by atoms with Gasteiger partial charge in [-0.05, 0) is 43.7 Å². The van der Waals surface area contributed by atoms with Crippen LogP contribution in [0.1, 0.15) is 23.2 Å². The number of benzene rings is 1. The number of nitrogens with zero attached hydrogens (tertiary/aromatic N) is 3. The number of hydrogen-bond acceptors (Lipinski definition) is 6. The molecule has 0 saturated carbocycles. The molecule has 23 heavy (non-hydrogen) atoms. The standard InChI is InChI=1S/C16H16N4O2S/c1-11(13-3-5-15(6-4-13)22-8-7-17)19-20-16(21)9-14-10-23-12(2)18-14/h3-6,10H,8-9H2,1-2H3,(H,20,21)/b19-11-. The molecule has 2 rings (SSSR count). The molecule has 0 saturated heterocycles. The van der Waals surface area contributed by atoms with Crippen LogP contribution >= 0.6 is 11.3 Å². The summed E-state index contributed by atoms with van der Waals surface area (Å²) in [4.78, 5) is 16.1. The number of aromatic nitrogens is 1. The van der Waals surface area contributed by atoms with Gasteiger partial charge < -0.3 is 4.74 Å². The summed E-state index contributed by atoms with van der Waals surface area (Å²) in [5.74, 6) is 0.412. The average Bonchev–Trinajstić information content (AvgIpc) is 2.96. The molecule has 0 unspecified atom stereocenters. The van der Waals surface area contributed by atoms with Crippen molar-refractivity contribution in [2.45, 2.75) is 20.3 Å². The molecule has 0 aliphatic rings. The van der Waals surface area contributed by atoms with Gasteiger partial charge in [0.05, 0.1) is 22.8 Å². The summed E-state index contributed by atoms with van der Waals surface area (Å²) >= 11 is 1.52. The summed E-state index contributed by atoms with van der Waals surface area (Å²) in [6.07, 6.45) is 0.210. The van der Waals surface area contributed by atoms with Crippen molar-refractivity contribution in [2.24, 2.45) is 5.10 Å². The maximum atomic E-state index is 11.8. The van der Waals surface area contributed by atoms with Gasteiger partial charge in [-0.1, -0.05) is 0 Å². The van der Waals surface area contributed by atoms with Crippen LogP contribution in [0.2, 0.25) is 0 Å². The Morgan fingerprint density at radius 2 is 2.17 bits per heavy atom. The minimum Gasteiger partial charge on any atom is -0.479 e. The van der Waals surface area contributed by atoms with Crippen molar-refractivity contribution in [1.29, 1.82) is 5.26 Å². The second-order valence-electron chi connectivity index (χ2n) is 4.74. The molecule has 118 valence electrons. The van der Waals surface area contributed by atoms with Crippen LogP contribution in [0.5, 0.6) is 5.75 Å². The van der Waals surface area contributed by atoms with Crippen molar-refractivity contribution in [3.63, 3.8) is 0 Å². The lowest BCUT2D eigenvalue weighted by Gasteiger charge is -2.04. The molecule has 0 spiro atoms. The van der Waals surface area contributed by atoms with Crippen LogP contribution in [0.15, 0.2) is 34.7 Å². The van der Waals surface area contributed by atoms with Crippen LogP contribution < -0.4 is 10.2 Å². The number of hydrazone groups is 1. The van der Waals surface area contributed by atoms with Crippen molar-refractivity contribution in [2.75, 3.05) is 6.61 Å². The molecule has 1 heterocycles. The minimum atomic E-state index is -0.205. The fraction of sp³-hybridized carbons (Fsp3) is 0.250. The molecule has 1 aromatic heterocycles. The summed E-state index contributed by atoms with van der Waals surface area (Å²) in [6.45, 7) is 3.72. The maximum Gasteiger partial charge on any atom is 0.246 e. The summed E-state index contributed by atoms with van der Waals surface area (Å²) in [5.41, 5.74) is 4.81. The first-order chi connectivity index (χ1) is 11.1. The molecule has 1 N–H and O–H groups in total. The van der Waals surface area contributed by atoms with Crippen molar-refractivity contribution >= 4 is 23.0 Å². The summed E-state index contributed by atoms with van der Waals surface area (Å²) in [6, 6.07) is 9.06. The monoisotopic (exact) mass is 328 g/mol. The van der Waals surface area contributed by atoms with E-state index in [1.54, 1.807) is 19.1 Å². The van der Waals surface area contributed by atoms with Crippen molar-refractivity contribution in [3.05, 3.63) is 45.9 Å². The number of ether oxygens (including phenoxy) is 1. The molecule has 2 aromatic rings. The molecule has 0 bridgehead atoms. The van der Waals surface area contributed by atoms with E-state index in [1.807, 2.05) is 30.5 Å². The molecule has 1 aromatic carbocycles. The van der Waals surface area contributed by atoms with Gasteiger partial charge in [-0.15, -0.1) is 11.3 Å². The predicted molar refractivity (Wildman–Crippen MR) is 88.5 cm³/mol. The summed E-state index contributed by atoms with van der Waals surface area (Å²) in [7, 11) is 0. The Balaban J connectivity index is 1.91.